The van der Waals surface area contributed by atoms with Crippen LogP contribution in [0.15, 0.2) is 10.5 Å². The number of fused-ring (bicyclic) bond motifs is 1. The second kappa shape index (κ2) is 2.94. The monoisotopic (exact) mass is 165 g/mol. The maximum Gasteiger partial charge on any atom is 0.111 e. The van der Waals surface area contributed by atoms with Gasteiger partial charge in [0.15, 0.2) is 0 Å². The maximum atomic E-state index is 5.65. The van der Waals surface area contributed by atoms with Gasteiger partial charge in [0.2, 0.25) is 0 Å². The van der Waals surface area contributed by atoms with Crippen molar-refractivity contribution in [1.82, 2.24) is 5.32 Å². The maximum absolute atomic E-state index is 5.65. The third-order valence-electron chi connectivity index (χ3n) is 2.55. The zero-order valence-electron chi connectivity index (χ0n) is 7.68. The average Bonchev–Trinajstić information content (AvgIpc) is 2.52. The van der Waals surface area contributed by atoms with E-state index in [2.05, 4.69) is 11.4 Å². The summed E-state index contributed by atoms with van der Waals surface area (Å²) < 4.78 is 5.65. The molecule has 2 rings (SSSR count). The first-order valence-electron chi connectivity index (χ1n) is 4.55. The fraction of sp³-hybridized carbons (Fsp3) is 0.600. The molecule has 0 radical (unpaired) electrons. The lowest BCUT2D eigenvalue weighted by molar-refractivity contribution is 0.440. The summed E-state index contributed by atoms with van der Waals surface area (Å²) in [5.74, 6) is 2.89. The zero-order chi connectivity index (χ0) is 8.55. The molecule has 1 N–H and O–H groups in total. The van der Waals surface area contributed by atoms with Crippen LogP contribution in [-0.2, 0) is 6.42 Å². The van der Waals surface area contributed by atoms with Crippen LogP contribution < -0.4 is 5.32 Å². The van der Waals surface area contributed by atoms with Gasteiger partial charge in [-0.15, -0.1) is 0 Å². The molecule has 0 aliphatic heterocycles. The normalized spacial score (nSPS) is 21.3. The quantitative estimate of drug-likeness (QED) is 0.723. The van der Waals surface area contributed by atoms with Crippen molar-refractivity contribution in [3.63, 3.8) is 0 Å². The highest BCUT2D eigenvalue weighted by atomic mass is 16.3. The van der Waals surface area contributed by atoms with Crippen molar-refractivity contribution in [1.29, 1.82) is 0 Å². The van der Waals surface area contributed by atoms with E-state index in [-0.39, 0.29) is 0 Å². The molecule has 1 aliphatic carbocycles. The Morgan fingerprint density at radius 1 is 1.67 bits per heavy atom. The third-order valence-corrected chi connectivity index (χ3v) is 2.55. The standard InChI is InChI=1S/C10H15NO/c1-7-5-8-3-4-9(6-11-2)10(8)12-7/h5,9,11H,3-4,6H2,1-2H3. The van der Waals surface area contributed by atoms with Crippen LogP contribution >= 0.6 is 0 Å². The number of hydrogen-bond donors (Lipinski definition) is 1. The van der Waals surface area contributed by atoms with E-state index >= 15 is 0 Å². The SMILES string of the molecule is CNCC1CCc2cc(C)oc21. The van der Waals surface area contributed by atoms with Gasteiger partial charge in [0.25, 0.3) is 0 Å². The predicted molar refractivity (Wildman–Crippen MR) is 48.4 cm³/mol. The number of likely N-dealkylation sites (N-methyl/N-ethyl adjacent to an activating group) is 1. The van der Waals surface area contributed by atoms with E-state index in [1.807, 2.05) is 14.0 Å². The lowest BCUT2D eigenvalue weighted by Gasteiger charge is -2.06. The first-order valence-corrected chi connectivity index (χ1v) is 4.55. The highest BCUT2D eigenvalue weighted by molar-refractivity contribution is 5.29. The van der Waals surface area contributed by atoms with Gasteiger partial charge in [0.05, 0.1) is 0 Å². The minimum atomic E-state index is 0.610. The molecule has 1 heterocycles. The molecule has 2 nitrogen and oxygen atoms in total. The van der Waals surface area contributed by atoms with Gasteiger partial charge in [-0.3, -0.25) is 0 Å². The van der Waals surface area contributed by atoms with Crippen LogP contribution in [0, 0.1) is 6.92 Å². The van der Waals surface area contributed by atoms with Gasteiger partial charge in [-0.1, -0.05) is 0 Å². The van der Waals surface area contributed by atoms with Crippen LogP contribution in [-0.4, -0.2) is 13.6 Å². The van der Waals surface area contributed by atoms with Gasteiger partial charge in [0, 0.05) is 12.5 Å². The van der Waals surface area contributed by atoms with E-state index in [9.17, 15) is 0 Å². The number of hydrogen-bond acceptors (Lipinski definition) is 2. The van der Waals surface area contributed by atoms with E-state index < -0.39 is 0 Å². The topological polar surface area (TPSA) is 25.2 Å². The fourth-order valence-corrected chi connectivity index (χ4v) is 2.03. The Labute approximate surface area is 73.0 Å². The summed E-state index contributed by atoms with van der Waals surface area (Å²) in [7, 11) is 1.99. The number of furan rings is 1. The Morgan fingerprint density at radius 2 is 2.50 bits per heavy atom. The van der Waals surface area contributed by atoms with Gasteiger partial charge < -0.3 is 9.73 Å². The van der Waals surface area contributed by atoms with E-state index in [1.54, 1.807) is 0 Å². The lowest BCUT2D eigenvalue weighted by atomic mass is 10.1. The van der Waals surface area contributed by atoms with Crippen LogP contribution in [0.3, 0.4) is 0 Å². The summed E-state index contributed by atoms with van der Waals surface area (Å²) in [6.45, 7) is 3.06. The van der Waals surface area contributed by atoms with Crippen LogP contribution in [0.1, 0.15) is 29.4 Å². The molecule has 1 atom stereocenters. The Balaban J connectivity index is 2.22. The second-order valence-corrected chi connectivity index (χ2v) is 3.54. The van der Waals surface area contributed by atoms with Crippen molar-refractivity contribution < 1.29 is 4.42 Å². The van der Waals surface area contributed by atoms with Crippen molar-refractivity contribution in [2.24, 2.45) is 0 Å². The van der Waals surface area contributed by atoms with Crippen LogP contribution in [0.4, 0.5) is 0 Å². The molecular formula is C10H15NO. The Hall–Kier alpha value is -0.760. The van der Waals surface area contributed by atoms with E-state index in [4.69, 9.17) is 4.42 Å². The largest absolute Gasteiger partial charge is 0.466 e. The smallest absolute Gasteiger partial charge is 0.111 e. The molecule has 0 amide bonds. The summed E-state index contributed by atoms with van der Waals surface area (Å²) in [4.78, 5) is 0. The molecule has 0 aromatic carbocycles. The van der Waals surface area contributed by atoms with Crippen LogP contribution in [0.5, 0.6) is 0 Å². The molecule has 0 saturated carbocycles. The van der Waals surface area contributed by atoms with Gasteiger partial charge >= 0.3 is 0 Å². The van der Waals surface area contributed by atoms with Crippen LogP contribution in [0.2, 0.25) is 0 Å². The molecule has 2 heteroatoms. The summed E-state index contributed by atoms with van der Waals surface area (Å²) in [6.07, 6.45) is 2.44. The molecule has 66 valence electrons. The van der Waals surface area contributed by atoms with Crippen molar-refractivity contribution >= 4 is 0 Å². The minimum absolute atomic E-state index is 0.610. The summed E-state index contributed by atoms with van der Waals surface area (Å²) in [6, 6.07) is 2.17. The molecule has 0 bridgehead atoms. The summed E-state index contributed by atoms with van der Waals surface area (Å²) in [5, 5.41) is 3.20. The number of rotatable bonds is 2. The molecule has 0 saturated heterocycles. The van der Waals surface area contributed by atoms with E-state index in [0.29, 0.717) is 5.92 Å². The fourth-order valence-electron chi connectivity index (χ4n) is 2.03. The Kier molecular flexibility index (Phi) is 1.93. The van der Waals surface area contributed by atoms with Crippen molar-refractivity contribution in [2.75, 3.05) is 13.6 Å². The average molecular weight is 165 g/mol. The second-order valence-electron chi connectivity index (χ2n) is 3.54. The Bertz CT molecular complexity index is 277. The molecular weight excluding hydrogens is 150 g/mol. The zero-order valence-corrected chi connectivity index (χ0v) is 7.68. The van der Waals surface area contributed by atoms with Crippen molar-refractivity contribution in [3.8, 4) is 0 Å². The molecule has 1 unspecified atom stereocenters. The number of nitrogens with one attached hydrogen (secondary N) is 1. The highest BCUT2D eigenvalue weighted by Gasteiger charge is 2.25. The van der Waals surface area contributed by atoms with Gasteiger partial charge in [-0.2, -0.15) is 0 Å². The van der Waals surface area contributed by atoms with Gasteiger partial charge in [0.1, 0.15) is 11.5 Å². The molecule has 1 aliphatic rings. The molecule has 0 fully saturated rings. The first-order chi connectivity index (χ1) is 5.81. The van der Waals surface area contributed by atoms with E-state index in [0.717, 1.165) is 12.3 Å². The van der Waals surface area contributed by atoms with Crippen molar-refractivity contribution in [2.45, 2.75) is 25.7 Å². The van der Waals surface area contributed by atoms with Gasteiger partial charge in [-0.25, -0.2) is 0 Å². The van der Waals surface area contributed by atoms with E-state index in [1.165, 1.54) is 24.2 Å². The summed E-state index contributed by atoms with van der Waals surface area (Å²) >= 11 is 0. The lowest BCUT2D eigenvalue weighted by Crippen LogP contribution is -2.14. The highest BCUT2D eigenvalue weighted by Crippen LogP contribution is 2.34. The third kappa shape index (κ3) is 1.16. The first kappa shape index (κ1) is 7.87. The Morgan fingerprint density at radius 3 is 3.25 bits per heavy atom. The molecule has 12 heavy (non-hydrogen) atoms. The molecule has 1 aromatic heterocycles. The molecule has 1 aromatic rings. The van der Waals surface area contributed by atoms with Crippen molar-refractivity contribution in [3.05, 3.63) is 23.2 Å². The van der Waals surface area contributed by atoms with Crippen LogP contribution in [0.25, 0.3) is 0 Å². The summed E-state index contributed by atoms with van der Waals surface area (Å²) in [5.41, 5.74) is 1.42. The predicted octanol–water partition coefficient (Wildman–Crippen LogP) is 1.84. The molecule has 0 spiro atoms. The van der Waals surface area contributed by atoms with Gasteiger partial charge in [-0.05, 0) is 38.4 Å². The minimum Gasteiger partial charge on any atom is -0.466 e. The number of aryl methyl sites for hydroxylation is 2.